The fourth-order valence-electron chi connectivity index (χ4n) is 2.01. The third-order valence-corrected chi connectivity index (χ3v) is 3.34. The average Bonchev–Trinajstić information content (AvgIpc) is 2.35. The Morgan fingerprint density at radius 2 is 2.29 bits per heavy atom. The van der Waals surface area contributed by atoms with Gasteiger partial charge in [0.2, 0.25) is 0 Å². The average molecular weight is 258 g/mol. The highest BCUT2D eigenvalue weighted by atomic mass is 35.5. The van der Waals surface area contributed by atoms with Gasteiger partial charge in [-0.2, -0.15) is 0 Å². The van der Waals surface area contributed by atoms with Crippen molar-refractivity contribution in [1.29, 1.82) is 0 Å². The van der Waals surface area contributed by atoms with Gasteiger partial charge in [0.05, 0.1) is 6.10 Å². The molecule has 1 aliphatic heterocycles. The van der Waals surface area contributed by atoms with Gasteiger partial charge in [0.15, 0.2) is 0 Å². The van der Waals surface area contributed by atoms with Crippen molar-refractivity contribution in [3.05, 3.63) is 34.6 Å². The molecule has 2 rings (SSSR count). The summed E-state index contributed by atoms with van der Waals surface area (Å²) in [6, 6.07) is 4.43. The largest absolute Gasteiger partial charge is 0.377 e. The molecule has 0 aromatic heterocycles. The zero-order chi connectivity index (χ0) is 12.1. The molecule has 1 aliphatic rings. The van der Waals surface area contributed by atoms with E-state index in [9.17, 15) is 4.39 Å². The summed E-state index contributed by atoms with van der Waals surface area (Å²) >= 11 is 5.98. The molecule has 2 nitrogen and oxygen atoms in total. The lowest BCUT2D eigenvalue weighted by molar-refractivity contribution is 0.0168. The van der Waals surface area contributed by atoms with Crippen molar-refractivity contribution in [3.8, 4) is 0 Å². The molecule has 0 spiro atoms. The smallest absolute Gasteiger partial charge is 0.123 e. The van der Waals surface area contributed by atoms with Crippen LogP contribution in [0.4, 0.5) is 4.39 Å². The van der Waals surface area contributed by atoms with Gasteiger partial charge in [0.1, 0.15) is 5.82 Å². The zero-order valence-corrected chi connectivity index (χ0v) is 10.5. The Morgan fingerprint density at radius 1 is 1.41 bits per heavy atom. The minimum Gasteiger partial charge on any atom is -0.377 e. The second-order valence-electron chi connectivity index (χ2n) is 4.36. The van der Waals surface area contributed by atoms with Crippen LogP contribution in [-0.2, 0) is 11.3 Å². The van der Waals surface area contributed by atoms with Gasteiger partial charge in [-0.1, -0.05) is 11.6 Å². The second-order valence-corrected chi connectivity index (χ2v) is 4.76. The lowest BCUT2D eigenvalue weighted by Crippen LogP contribution is -2.31. The van der Waals surface area contributed by atoms with Crippen LogP contribution in [0.15, 0.2) is 18.2 Å². The molecule has 1 fully saturated rings. The van der Waals surface area contributed by atoms with E-state index in [1.165, 1.54) is 18.6 Å². The fraction of sp³-hybridized carbons (Fsp3) is 0.538. The molecule has 1 N–H and O–H groups in total. The maximum Gasteiger partial charge on any atom is 0.123 e. The molecule has 0 bridgehead atoms. The molecule has 4 heteroatoms. The van der Waals surface area contributed by atoms with Gasteiger partial charge in [-0.05, 0) is 43.0 Å². The van der Waals surface area contributed by atoms with E-state index in [1.54, 1.807) is 6.07 Å². The Bertz CT molecular complexity index is 366. The van der Waals surface area contributed by atoms with E-state index in [2.05, 4.69) is 5.32 Å². The van der Waals surface area contributed by atoms with Gasteiger partial charge in [0, 0.05) is 24.7 Å². The highest BCUT2D eigenvalue weighted by molar-refractivity contribution is 6.31. The molecule has 1 aromatic rings. The maximum atomic E-state index is 13.0. The van der Waals surface area contributed by atoms with Crippen LogP contribution in [0.1, 0.15) is 24.8 Å². The second kappa shape index (κ2) is 6.34. The number of halogens is 2. The lowest BCUT2D eigenvalue weighted by Gasteiger charge is -2.22. The van der Waals surface area contributed by atoms with Gasteiger partial charge in [-0.15, -0.1) is 0 Å². The molecule has 1 atom stereocenters. The van der Waals surface area contributed by atoms with E-state index in [1.807, 2.05) is 0 Å². The third-order valence-electron chi connectivity index (χ3n) is 2.97. The summed E-state index contributed by atoms with van der Waals surface area (Å²) < 4.78 is 18.6. The SMILES string of the molecule is Fc1ccc(Cl)c(CNCC2CCCCO2)c1. The van der Waals surface area contributed by atoms with Crippen LogP contribution < -0.4 is 5.32 Å². The molecule has 1 saturated heterocycles. The third kappa shape index (κ3) is 3.95. The normalized spacial score (nSPS) is 20.5. The minimum absolute atomic E-state index is 0.250. The van der Waals surface area contributed by atoms with Gasteiger partial charge in [-0.25, -0.2) is 4.39 Å². The molecule has 17 heavy (non-hydrogen) atoms. The number of rotatable bonds is 4. The van der Waals surface area contributed by atoms with E-state index in [0.29, 0.717) is 11.6 Å². The van der Waals surface area contributed by atoms with Crippen molar-refractivity contribution in [1.82, 2.24) is 5.32 Å². The van der Waals surface area contributed by atoms with Crippen LogP contribution in [0, 0.1) is 5.82 Å². The summed E-state index contributed by atoms with van der Waals surface area (Å²) in [7, 11) is 0. The molecule has 1 unspecified atom stereocenters. The number of ether oxygens (including phenoxy) is 1. The Morgan fingerprint density at radius 3 is 3.06 bits per heavy atom. The highest BCUT2D eigenvalue weighted by Gasteiger charge is 2.13. The molecule has 0 radical (unpaired) electrons. The summed E-state index contributed by atoms with van der Waals surface area (Å²) in [5.74, 6) is -0.250. The molecule has 0 amide bonds. The number of hydrogen-bond donors (Lipinski definition) is 1. The molecule has 0 aliphatic carbocycles. The van der Waals surface area contributed by atoms with Crippen LogP contribution in [0.5, 0.6) is 0 Å². The predicted molar refractivity (Wildman–Crippen MR) is 66.7 cm³/mol. The standard InChI is InChI=1S/C13H17ClFNO/c14-13-5-4-11(15)7-10(13)8-16-9-12-3-1-2-6-17-12/h4-5,7,12,16H,1-3,6,8-9H2. The van der Waals surface area contributed by atoms with Crippen LogP contribution >= 0.6 is 11.6 Å². The number of nitrogens with one attached hydrogen (secondary N) is 1. The fourth-order valence-corrected chi connectivity index (χ4v) is 2.20. The predicted octanol–water partition coefficient (Wildman–Crippen LogP) is 3.14. The van der Waals surface area contributed by atoms with Crippen molar-refractivity contribution in [2.75, 3.05) is 13.2 Å². The van der Waals surface area contributed by atoms with E-state index in [0.717, 1.165) is 31.6 Å². The zero-order valence-electron chi connectivity index (χ0n) is 9.72. The summed E-state index contributed by atoms with van der Waals surface area (Å²) in [4.78, 5) is 0. The summed E-state index contributed by atoms with van der Waals surface area (Å²) in [5.41, 5.74) is 0.794. The maximum absolute atomic E-state index is 13.0. The van der Waals surface area contributed by atoms with Crippen molar-refractivity contribution in [3.63, 3.8) is 0 Å². The Labute approximate surface area is 106 Å². The van der Waals surface area contributed by atoms with Gasteiger partial charge < -0.3 is 10.1 Å². The minimum atomic E-state index is -0.250. The first-order chi connectivity index (χ1) is 8.25. The molecule has 1 heterocycles. The Kier molecular flexibility index (Phi) is 4.77. The van der Waals surface area contributed by atoms with Crippen LogP contribution in [0.2, 0.25) is 5.02 Å². The van der Waals surface area contributed by atoms with Crippen LogP contribution in [0.25, 0.3) is 0 Å². The Balaban J connectivity index is 1.79. The number of benzene rings is 1. The first kappa shape index (κ1) is 12.8. The van der Waals surface area contributed by atoms with Gasteiger partial charge in [-0.3, -0.25) is 0 Å². The van der Waals surface area contributed by atoms with Crippen LogP contribution in [-0.4, -0.2) is 19.3 Å². The van der Waals surface area contributed by atoms with E-state index >= 15 is 0 Å². The summed E-state index contributed by atoms with van der Waals surface area (Å²) in [6.45, 7) is 2.23. The monoisotopic (exact) mass is 257 g/mol. The topological polar surface area (TPSA) is 21.3 Å². The van der Waals surface area contributed by atoms with Gasteiger partial charge in [0.25, 0.3) is 0 Å². The van der Waals surface area contributed by atoms with E-state index in [-0.39, 0.29) is 11.9 Å². The molecule has 1 aromatic carbocycles. The van der Waals surface area contributed by atoms with E-state index < -0.39 is 0 Å². The Hall–Kier alpha value is -0.640. The number of hydrogen-bond acceptors (Lipinski definition) is 2. The van der Waals surface area contributed by atoms with E-state index in [4.69, 9.17) is 16.3 Å². The quantitative estimate of drug-likeness (QED) is 0.895. The van der Waals surface area contributed by atoms with Crippen molar-refractivity contribution < 1.29 is 9.13 Å². The van der Waals surface area contributed by atoms with Gasteiger partial charge >= 0.3 is 0 Å². The van der Waals surface area contributed by atoms with Crippen LogP contribution in [0.3, 0.4) is 0 Å². The molecule has 94 valence electrons. The lowest BCUT2D eigenvalue weighted by atomic mass is 10.1. The summed E-state index contributed by atoms with van der Waals surface area (Å²) in [5, 5.41) is 3.86. The molecule has 0 saturated carbocycles. The molecular formula is C13H17ClFNO. The summed E-state index contributed by atoms with van der Waals surface area (Å²) in [6.07, 6.45) is 3.78. The van der Waals surface area contributed by atoms with Crippen molar-refractivity contribution in [2.24, 2.45) is 0 Å². The highest BCUT2D eigenvalue weighted by Crippen LogP contribution is 2.17. The first-order valence-electron chi connectivity index (χ1n) is 6.02. The molecular weight excluding hydrogens is 241 g/mol. The van der Waals surface area contributed by atoms with Crippen molar-refractivity contribution in [2.45, 2.75) is 31.9 Å². The first-order valence-corrected chi connectivity index (χ1v) is 6.40. The van der Waals surface area contributed by atoms with Crippen molar-refractivity contribution >= 4 is 11.6 Å².